The van der Waals surface area contributed by atoms with Crippen LogP contribution in [0.15, 0.2) is 48.8 Å². The number of rotatable bonds is 7. The molecule has 2 aromatic rings. The minimum absolute atomic E-state index is 0.0461. The number of hydrogen-bond acceptors (Lipinski definition) is 5. The Labute approximate surface area is 221 Å². The van der Waals surface area contributed by atoms with Crippen molar-refractivity contribution < 1.29 is 40.7 Å². The molecule has 0 radical (unpaired) electrons. The van der Waals surface area contributed by atoms with E-state index in [0.29, 0.717) is 43.6 Å². The number of ether oxygens (including phenoxy) is 1. The van der Waals surface area contributed by atoms with Gasteiger partial charge in [-0.05, 0) is 75.5 Å². The summed E-state index contributed by atoms with van der Waals surface area (Å²) < 4.78 is 90.0. The maximum Gasteiger partial charge on any atom is 0.430 e. The number of nitrogens with one attached hydrogen (secondary N) is 1. The van der Waals surface area contributed by atoms with Crippen LogP contribution in [0, 0.1) is 5.92 Å². The van der Waals surface area contributed by atoms with Gasteiger partial charge in [0.05, 0.1) is 12.3 Å². The van der Waals surface area contributed by atoms with Gasteiger partial charge in [-0.3, -0.25) is 9.78 Å². The highest BCUT2D eigenvalue weighted by Crippen LogP contribution is 2.53. The van der Waals surface area contributed by atoms with E-state index < -0.39 is 53.5 Å². The molecule has 2 saturated heterocycles. The van der Waals surface area contributed by atoms with Crippen LogP contribution in [0.4, 0.5) is 36.8 Å². The zero-order chi connectivity index (χ0) is 28.6. The van der Waals surface area contributed by atoms with Crippen molar-refractivity contribution >= 4 is 17.6 Å². The van der Waals surface area contributed by atoms with E-state index in [1.807, 2.05) is 0 Å². The molecule has 0 unspecified atom stereocenters. The fourth-order valence-electron chi connectivity index (χ4n) is 4.87. The Morgan fingerprint density at radius 1 is 0.949 bits per heavy atom. The van der Waals surface area contributed by atoms with Crippen LogP contribution < -0.4 is 10.2 Å². The number of carbonyl (C=O) groups excluding carboxylic acids is 2. The number of halogens is 6. The van der Waals surface area contributed by atoms with Crippen LogP contribution in [0.5, 0.6) is 0 Å². The van der Waals surface area contributed by atoms with Gasteiger partial charge in [0.15, 0.2) is 0 Å². The molecule has 1 aromatic heterocycles. The molecule has 4 rings (SSSR count). The van der Waals surface area contributed by atoms with Crippen LogP contribution in [0.1, 0.15) is 37.8 Å². The molecule has 39 heavy (non-hydrogen) atoms. The average molecular weight is 559 g/mol. The number of aromatic nitrogens is 1. The van der Waals surface area contributed by atoms with Gasteiger partial charge in [0.25, 0.3) is 11.5 Å². The van der Waals surface area contributed by atoms with Gasteiger partial charge in [-0.15, -0.1) is 0 Å². The minimum Gasteiger partial charge on any atom is -0.354 e. The van der Waals surface area contributed by atoms with Crippen molar-refractivity contribution in [2.45, 2.75) is 56.7 Å². The molecule has 0 saturated carbocycles. The van der Waals surface area contributed by atoms with Gasteiger partial charge < -0.3 is 15.0 Å². The quantitative estimate of drug-likeness (QED) is 0.375. The smallest absolute Gasteiger partial charge is 0.354 e. The number of anilines is 1. The van der Waals surface area contributed by atoms with Crippen molar-refractivity contribution in [1.29, 1.82) is 0 Å². The lowest BCUT2D eigenvalue weighted by atomic mass is 9.90. The summed E-state index contributed by atoms with van der Waals surface area (Å²) in [5.41, 5.74) is -6.56. The van der Waals surface area contributed by atoms with Crippen LogP contribution in [0.25, 0.3) is 0 Å². The number of nitrogens with zero attached hydrogens (tertiary/aromatic N) is 3. The molecule has 1 N–H and O–H groups in total. The van der Waals surface area contributed by atoms with Crippen molar-refractivity contribution in [2.75, 3.05) is 24.6 Å². The van der Waals surface area contributed by atoms with Gasteiger partial charge in [0.2, 0.25) is 0 Å². The Hall–Kier alpha value is -3.19. The molecule has 2 fully saturated rings. The minimum atomic E-state index is -5.83. The predicted molar refractivity (Wildman–Crippen MR) is 129 cm³/mol. The highest BCUT2D eigenvalue weighted by molar-refractivity contribution is 6.22. The van der Waals surface area contributed by atoms with Crippen LogP contribution in [0.2, 0.25) is 0 Å². The van der Waals surface area contributed by atoms with E-state index in [4.69, 9.17) is 4.74 Å². The summed E-state index contributed by atoms with van der Waals surface area (Å²) in [6.07, 6.45) is -7.86. The van der Waals surface area contributed by atoms with Gasteiger partial charge in [0.1, 0.15) is 5.54 Å². The van der Waals surface area contributed by atoms with Gasteiger partial charge >= 0.3 is 18.4 Å². The number of amides is 3. The lowest BCUT2D eigenvalue weighted by molar-refractivity contribution is -0.391. The largest absolute Gasteiger partial charge is 0.430 e. The summed E-state index contributed by atoms with van der Waals surface area (Å²) >= 11 is 0. The third-order valence-electron chi connectivity index (χ3n) is 7.24. The summed E-state index contributed by atoms with van der Waals surface area (Å²) in [5.74, 6) is -1.14. The number of piperidine rings is 1. The lowest BCUT2D eigenvalue weighted by Gasteiger charge is -2.39. The third-order valence-corrected chi connectivity index (χ3v) is 7.24. The van der Waals surface area contributed by atoms with Crippen LogP contribution >= 0.6 is 0 Å². The van der Waals surface area contributed by atoms with E-state index in [2.05, 4.69) is 10.3 Å². The number of hydrogen-bond donors (Lipinski definition) is 1. The molecule has 0 spiro atoms. The maximum atomic E-state index is 14.2. The van der Waals surface area contributed by atoms with Crippen LogP contribution in [-0.4, -0.2) is 59.4 Å². The van der Waals surface area contributed by atoms with E-state index in [-0.39, 0.29) is 12.2 Å². The first-order valence-corrected chi connectivity index (χ1v) is 12.3. The molecule has 3 heterocycles. The summed E-state index contributed by atoms with van der Waals surface area (Å²) in [6.45, 7) is 3.28. The molecular weight excluding hydrogens is 530 g/mol. The summed E-state index contributed by atoms with van der Waals surface area (Å²) in [7, 11) is 0. The number of pyridine rings is 1. The summed E-state index contributed by atoms with van der Waals surface area (Å²) in [6, 6.07) is 5.57. The van der Waals surface area contributed by atoms with Gasteiger partial charge in [-0.25, -0.2) is 9.69 Å². The number of alkyl halides is 6. The molecule has 0 bridgehead atoms. The average Bonchev–Trinajstić information content (AvgIpc) is 3.03. The second kappa shape index (κ2) is 10.4. The molecule has 7 nitrogen and oxygen atoms in total. The molecule has 3 amide bonds. The van der Waals surface area contributed by atoms with Gasteiger partial charge in [0, 0.05) is 24.5 Å². The molecule has 2 aliphatic rings. The molecule has 1 aromatic carbocycles. The summed E-state index contributed by atoms with van der Waals surface area (Å²) in [5, 5.41) is 3.00. The maximum absolute atomic E-state index is 14.2. The first kappa shape index (κ1) is 28.8. The Bertz CT molecular complexity index is 1160. The topological polar surface area (TPSA) is 74.8 Å². The molecule has 212 valence electrons. The second-order valence-corrected chi connectivity index (χ2v) is 10.2. The van der Waals surface area contributed by atoms with Crippen LogP contribution in [-0.2, 0) is 21.7 Å². The van der Waals surface area contributed by atoms with Crippen molar-refractivity contribution in [1.82, 2.24) is 15.2 Å². The Balaban J connectivity index is 1.66. The van der Waals surface area contributed by atoms with Crippen molar-refractivity contribution in [2.24, 2.45) is 5.92 Å². The first-order chi connectivity index (χ1) is 18.2. The second-order valence-electron chi connectivity index (χ2n) is 10.2. The van der Waals surface area contributed by atoms with E-state index in [9.17, 15) is 35.9 Å². The molecule has 0 aliphatic carbocycles. The fraction of sp³-hybridized carbons (Fsp3) is 0.500. The highest BCUT2D eigenvalue weighted by atomic mass is 19.4. The Kier molecular flexibility index (Phi) is 7.69. The molecule has 13 heteroatoms. The van der Waals surface area contributed by atoms with Crippen molar-refractivity contribution in [3.8, 4) is 0 Å². The van der Waals surface area contributed by atoms with E-state index in [0.717, 1.165) is 17.0 Å². The number of urea groups is 1. The zero-order valence-corrected chi connectivity index (χ0v) is 21.3. The SMILES string of the molecule is CC1(C)C(=O)N(c2ccc(C(OCC3CCNCC3)(C(F)(F)F)C(F)(F)F)cc2)C(=O)N1Cc1ccncc1. The monoisotopic (exact) mass is 558 g/mol. The predicted octanol–water partition coefficient (Wildman–Crippen LogP) is 5.17. The number of carbonyl (C=O) groups is 2. The molecular formula is C26H28F6N4O3. The lowest BCUT2D eigenvalue weighted by Crippen LogP contribution is -2.56. The van der Waals surface area contributed by atoms with E-state index in [1.54, 1.807) is 12.1 Å². The van der Waals surface area contributed by atoms with Gasteiger partial charge in [-0.1, -0.05) is 12.1 Å². The Morgan fingerprint density at radius 3 is 2.05 bits per heavy atom. The van der Waals surface area contributed by atoms with E-state index >= 15 is 0 Å². The molecule has 0 atom stereocenters. The van der Waals surface area contributed by atoms with Crippen molar-refractivity contribution in [3.05, 3.63) is 59.9 Å². The zero-order valence-electron chi connectivity index (χ0n) is 21.3. The third kappa shape index (κ3) is 5.21. The fourth-order valence-corrected chi connectivity index (χ4v) is 4.87. The van der Waals surface area contributed by atoms with Crippen molar-refractivity contribution in [3.63, 3.8) is 0 Å². The van der Waals surface area contributed by atoms with Gasteiger partial charge in [-0.2, -0.15) is 26.3 Å². The number of imide groups is 1. The Morgan fingerprint density at radius 2 is 1.51 bits per heavy atom. The standard InChI is InChI=1S/C26H28F6N4O3/c1-23(2)21(37)36(22(38)35(23)15-17-7-11-33-12-8-17)20-5-3-19(4-6-20)24(25(27,28)29,26(30,31)32)39-16-18-9-13-34-14-10-18/h3-8,11-12,18,34H,9-10,13-16H2,1-2H3. The normalized spacial score (nSPS) is 19.2. The van der Waals surface area contributed by atoms with E-state index in [1.165, 1.54) is 31.1 Å². The first-order valence-electron chi connectivity index (χ1n) is 12.3. The summed E-state index contributed by atoms with van der Waals surface area (Å²) in [4.78, 5) is 32.3. The van der Waals surface area contributed by atoms with Crippen LogP contribution in [0.3, 0.4) is 0 Å². The number of benzene rings is 1. The highest BCUT2D eigenvalue weighted by Gasteiger charge is 2.73. The molecule has 2 aliphatic heterocycles.